The van der Waals surface area contributed by atoms with Gasteiger partial charge in [-0.05, 0) is 25.1 Å². The van der Waals surface area contributed by atoms with Crippen molar-refractivity contribution in [3.05, 3.63) is 101 Å². The lowest BCUT2D eigenvalue weighted by Crippen LogP contribution is -2.29. The van der Waals surface area contributed by atoms with Crippen molar-refractivity contribution in [2.45, 2.75) is 19.5 Å². The molecule has 1 unspecified atom stereocenters. The predicted octanol–water partition coefficient (Wildman–Crippen LogP) is 4.02. The molecular formula is C25H22N2O4. The van der Waals surface area contributed by atoms with E-state index in [2.05, 4.69) is 4.98 Å². The fourth-order valence-corrected chi connectivity index (χ4v) is 3.77. The summed E-state index contributed by atoms with van der Waals surface area (Å²) >= 11 is 0. The van der Waals surface area contributed by atoms with Gasteiger partial charge in [0.15, 0.2) is 0 Å². The summed E-state index contributed by atoms with van der Waals surface area (Å²) in [6.45, 7) is 2.07. The number of hydrogen-bond acceptors (Lipinski definition) is 5. The molecule has 0 radical (unpaired) electrons. The fourth-order valence-electron chi connectivity index (χ4n) is 3.77. The molecule has 0 aliphatic carbocycles. The van der Waals surface area contributed by atoms with Crippen LogP contribution in [0.2, 0.25) is 0 Å². The van der Waals surface area contributed by atoms with Crippen LogP contribution in [-0.4, -0.2) is 33.8 Å². The molecule has 6 nitrogen and oxygen atoms in total. The molecule has 1 aliphatic rings. The van der Waals surface area contributed by atoms with Crippen LogP contribution in [0, 0.1) is 6.92 Å². The summed E-state index contributed by atoms with van der Waals surface area (Å²) in [5.41, 5.74) is 2.78. The van der Waals surface area contributed by atoms with Crippen molar-refractivity contribution in [2.75, 3.05) is 7.11 Å². The van der Waals surface area contributed by atoms with Gasteiger partial charge in [-0.2, -0.15) is 0 Å². The first-order valence-electron chi connectivity index (χ1n) is 9.89. The zero-order valence-electron chi connectivity index (χ0n) is 17.3. The third-order valence-corrected chi connectivity index (χ3v) is 5.37. The molecule has 1 fully saturated rings. The molecule has 1 amide bonds. The van der Waals surface area contributed by atoms with Crippen molar-refractivity contribution < 1.29 is 19.4 Å². The monoisotopic (exact) mass is 414 g/mol. The third-order valence-electron chi connectivity index (χ3n) is 5.37. The summed E-state index contributed by atoms with van der Waals surface area (Å²) in [6, 6.07) is 18.9. The highest BCUT2D eigenvalue weighted by molar-refractivity contribution is 6.46. The maximum atomic E-state index is 13.1. The Hall–Kier alpha value is -3.93. The number of aliphatic hydroxyl groups is 1. The highest BCUT2D eigenvalue weighted by Gasteiger charge is 2.46. The topological polar surface area (TPSA) is 79.7 Å². The summed E-state index contributed by atoms with van der Waals surface area (Å²) in [6.07, 6.45) is 1.60. The Bertz CT molecular complexity index is 1150. The lowest BCUT2D eigenvalue weighted by atomic mass is 9.97. The molecule has 0 spiro atoms. The van der Waals surface area contributed by atoms with Crippen LogP contribution >= 0.6 is 0 Å². The zero-order valence-corrected chi connectivity index (χ0v) is 17.3. The second-order valence-corrected chi connectivity index (χ2v) is 7.36. The number of ether oxygens (including phenoxy) is 1. The number of nitrogens with zero attached hydrogens (tertiary/aromatic N) is 2. The van der Waals surface area contributed by atoms with Crippen LogP contribution in [-0.2, 0) is 16.1 Å². The summed E-state index contributed by atoms with van der Waals surface area (Å²) in [4.78, 5) is 31.9. The summed E-state index contributed by atoms with van der Waals surface area (Å²) in [5, 5.41) is 11.0. The number of hydrogen-bond donors (Lipinski definition) is 1. The first kappa shape index (κ1) is 20.3. The van der Waals surface area contributed by atoms with Gasteiger partial charge in [0.25, 0.3) is 11.7 Å². The number of aliphatic hydroxyl groups excluding tert-OH is 1. The predicted molar refractivity (Wildman–Crippen MR) is 116 cm³/mol. The number of carbonyl (C=O) groups excluding carboxylic acids is 2. The van der Waals surface area contributed by atoms with E-state index < -0.39 is 17.7 Å². The third kappa shape index (κ3) is 3.80. The summed E-state index contributed by atoms with van der Waals surface area (Å²) in [5.74, 6) is -1.02. The molecule has 2 heterocycles. The van der Waals surface area contributed by atoms with E-state index in [1.165, 1.54) is 4.90 Å². The average molecular weight is 414 g/mol. The Morgan fingerprint density at radius 3 is 2.42 bits per heavy atom. The van der Waals surface area contributed by atoms with Gasteiger partial charge in [0.05, 0.1) is 24.9 Å². The molecule has 31 heavy (non-hydrogen) atoms. The first-order valence-corrected chi connectivity index (χ1v) is 9.89. The van der Waals surface area contributed by atoms with Crippen LogP contribution in [0.1, 0.15) is 28.4 Å². The van der Waals surface area contributed by atoms with Gasteiger partial charge in [0.1, 0.15) is 17.6 Å². The Labute approximate surface area is 180 Å². The quantitative estimate of drug-likeness (QED) is 0.388. The van der Waals surface area contributed by atoms with E-state index >= 15 is 0 Å². The van der Waals surface area contributed by atoms with Gasteiger partial charge in [0.2, 0.25) is 0 Å². The van der Waals surface area contributed by atoms with E-state index in [0.717, 1.165) is 11.1 Å². The van der Waals surface area contributed by atoms with Gasteiger partial charge in [-0.3, -0.25) is 14.6 Å². The molecule has 1 aromatic heterocycles. The normalized spacial score (nSPS) is 17.7. The van der Waals surface area contributed by atoms with Gasteiger partial charge in [-0.1, -0.05) is 54.1 Å². The lowest BCUT2D eigenvalue weighted by Gasteiger charge is -2.25. The van der Waals surface area contributed by atoms with E-state index in [4.69, 9.17) is 4.74 Å². The molecule has 1 N–H and O–H groups in total. The minimum Gasteiger partial charge on any atom is -0.507 e. The Morgan fingerprint density at radius 2 is 1.74 bits per heavy atom. The molecule has 3 aromatic rings. The Morgan fingerprint density at radius 1 is 1.03 bits per heavy atom. The maximum absolute atomic E-state index is 13.1. The number of benzene rings is 2. The minimum atomic E-state index is -0.813. The number of pyridine rings is 1. The van der Waals surface area contributed by atoms with Crippen LogP contribution < -0.4 is 4.74 Å². The van der Waals surface area contributed by atoms with E-state index in [1.807, 2.05) is 37.3 Å². The van der Waals surface area contributed by atoms with Gasteiger partial charge >= 0.3 is 0 Å². The molecule has 6 heteroatoms. The van der Waals surface area contributed by atoms with E-state index in [-0.39, 0.29) is 17.9 Å². The maximum Gasteiger partial charge on any atom is 0.296 e. The average Bonchev–Trinajstić information content (AvgIpc) is 3.05. The molecule has 1 saturated heterocycles. The number of aromatic nitrogens is 1. The van der Waals surface area contributed by atoms with Crippen molar-refractivity contribution in [2.24, 2.45) is 0 Å². The summed E-state index contributed by atoms with van der Waals surface area (Å²) < 4.78 is 5.41. The van der Waals surface area contributed by atoms with Crippen molar-refractivity contribution in [3.63, 3.8) is 0 Å². The number of Topliss-reactive ketones (excluding diaryl/α,β-unsaturated/α-hetero) is 1. The molecule has 4 rings (SSSR count). The molecular weight excluding hydrogens is 392 g/mol. The lowest BCUT2D eigenvalue weighted by molar-refractivity contribution is -0.140. The first-order chi connectivity index (χ1) is 15.0. The van der Waals surface area contributed by atoms with Crippen molar-refractivity contribution in [1.82, 2.24) is 9.88 Å². The van der Waals surface area contributed by atoms with Crippen molar-refractivity contribution in [1.29, 1.82) is 0 Å². The zero-order chi connectivity index (χ0) is 22.0. The Balaban J connectivity index is 1.85. The fraction of sp³-hybridized carbons (Fsp3) is 0.160. The smallest absolute Gasteiger partial charge is 0.296 e. The number of aryl methyl sites for hydroxylation is 1. The number of rotatable bonds is 5. The Kier molecular flexibility index (Phi) is 5.54. The molecule has 0 saturated carbocycles. The molecule has 0 bridgehead atoms. The SMILES string of the molecule is COc1ccccc1CN1C(=O)C(=O)/C(=C(\O)c2ccc(C)cc2)C1c1ccccn1. The van der Waals surface area contributed by atoms with Crippen LogP contribution in [0.3, 0.4) is 0 Å². The van der Waals surface area contributed by atoms with Crippen LogP contribution in [0.5, 0.6) is 5.75 Å². The molecule has 2 aromatic carbocycles. The van der Waals surface area contributed by atoms with E-state index in [1.54, 1.807) is 49.7 Å². The number of carbonyl (C=O) groups is 2. The van der Waals surface area contributed by atoms with Crippen LogP contribution in [0.25, 0.3) is 5.76 Å². The van der Waals surface area contributed by atoms with Crippen molar-refractivity contribution >= 4 is 17.4 Å². The van der Waals surface area contributed by atoms with Crippen LogP contribution in [0.15, 0.2) is 78.5 Å². The van der Waals surface area contributed by atoms with Gasteiger partial charge in [0, 0.05) is 17.3 Å². The van der Waals surface area contributed by atoms with Crippen LogP contribution in [0.4, 0.5) is 0 Å². The standard InChI is InChI=1S/C25H22N2O4/c1-16-10-12-17(13-11-16)23(28)21-22(19-8-5-6-14-26-19)27(25(30)24(21)29)15-18-7-3-4-9-20(18)31-2/h3-14,22,28H,15H2,1-2H3/b23-21-. The van der Waals surface area contributed by atoms with E-state index in [9.17, 15) is 14.7 Å². The summed E-state index contributed by atoms with van der Waals surface area (Å²) in [7, 11) is 1.56. The van der Waals surface area contributed by atoms with E-state index in [0.29, 0.717) is 17.0 Å². The number of amides is 1. The minimum absolute atomic E-state index is 0.0300. The van der Waals surface area contributed by atoms with Crippen molar-refractivity contribution in [3.8, 4) is 5.75 Å². The number of para-hydroxylation sites is 1. The second-order valence-electron chi connectivity index (χ2n) is 7.36. The molecule has 1 aliphatic heterocycles. The van der Waals surface area contributed by atoms with Gasteiger partial charge in [-0.25, -0.2) is 0 Å². The number of likely N-dealkylation sites (tertiary alicyclic amines) is 1. The van der Waals surface area contributed by atoms with Gasteiger partial charge in [-0.15, -0.1) is 0 Å². The highest BCUT2D eigenvalue weighted by atomic mass is 16.5. The number of methoxy groups -OCH3 is 1. The molecule has 1 atom stereocenters. The molecule has 156 valence electrons. The highest BCUT2D eigenvalue weighted by Crippen LogP contribution is 2.40. The number of ketones is 1. The second kappa shape index (κ2) is 8.44. The van der Waals surface area contributed by atoms with Gasteiger partial charge < -0.3 is 14.7 Å². The largest absolute Gasteiger partial charge is 0.507 e.